The van der Waals surface area contributed by atoms with E-state index in [2.05, 4.69) is 10.4 Å². The summed E-state index contributed by atoms with van der Waals surface area (Å²) in [5, 5.41) is 7.31. The van der Waals surface area contributed by atoms with Crippen LogP contribution in [0.25, 0.3) is 0 Å². The lowest BCUT2D eigenvalue weighted by molar-refractivity contribution is 0.0288. The number of aryl methyl sites for hydroxylation is 2. The molecule has 0 spiro atoms. The Hall–Kier alpha value is -2.83. The highest BCUT2D eigenvalue weighted by atomic mass is 16.6. The average Bonchev–Trinajstić information content (AvgIpc) is 3.24. The number of nitrogens with one attached hydrogen (secondary N) is 1. The molecule has 7 nitrogen and oxygen atoms in total. The standard InChI is InChI=1S/C21H28N4O3/c1-14-6-7-16(12-15(14)2)19(26)22-18-9-11-25(23-18)17-8-10-24(13-17)20(27)28-21(3,4)5/h6-7,9,11-12,17H,8,10,13H2,1-5H3,(H,22,23,26)/t17-/m0/s1. The van der Waals surface area contributed by atoms with Gasteiger partial charge in [-0.3, -0.25) is 9.48 Å². The van der Waals surface area contributed by atoms with E-state index < -0.39 is 5.60 Å². The van der Waals surface area contributed by atoms with Crippen LogP contribution in [0.1, 0.15) is 54.7 Å². The van der Waals surface area contributed by atoms with E-state index in [0.717, 1.165) is 17.5 Å². The maximum absolute atomic E-state index is 12.5. The second-order valence-electron chi connectivity index (χ2n) is 8.30. The lowest BCUT2D eigenvalue weighted by atomic mass is 10.1. The Labute approximate surface area is 165 Å². The van der Waals surface area contributed by atoms with Crippen LogP contribution in [0.15, 0.2) is 30.5 Å². The molecule has 7 heteroatoms. The molecule has 0 aliphatic carbocycles. The first-order valence-corrected chi connectivity index (χ1v) is 9.54. The highest BCUT2D eigenvalue weighted by molar-refractivity contribution is 6.03. The highest BCUT2D eigenvalue weighted by Crippen LogP contribution is 2.24. The predicted octanol–water partition coefficient (Wildman–Crippen LogP) is 3.93. The maximum Gasteiger partial charge on any atom is 0.410 e. The summed E-state index contributed by atoms with van der Waals surface area (Å²) in [5.41, 5.74) is 2.32. The summed E-state index contributed by atoms with van der Waals surface area (Å²) in [4.78, 5) is 26.4. The maximum atomic E-state index is 12.5. The van der Waals surface area contributed by atoms with Crippen molar-refractivity contribution in [2.24, 2.45) is 0 Å². The lowest BCUT2D eigenvalue weighted by Gasteiger charge is -2.24. The van der Waals surface area contributed by atoms with E-state index in [4.69, 9.17) is 4.74 Å². The molecule has 1 saturated heterocycles. The molecule has 0 bridgehead atoms. The van der Waals surface area contributed by atoms with Crippen LogP contribution in [0.4, 0.5) is 10.6 Å². The van der Waals surface area contributed by atoms with Crippen molar-refractivity contribution in [2.75, 3.05) is 18.4 Å². The van der Waals surface area contributed by atoms with Crippen molar-refractivity contribution in [3.8, 4) is 0 Å². The topological polar surface area (TPSA) is 76.5 Å². The molecular formula is C21H28N4O3. The van der Waals surface area contributed by atoms with Crippen LogP contribution in [0.5, 0.6) is 0 Å². The molecule has 3 rings (SSSR count). The monoisotopic (exact) mass is 384 g/mol. The molecule has 1 aliphatic heterocycles. The summed E-state index contributed by atoms with van der Waals surface area (Å²) in [6.45, 7) is 10.7. The number of hydrogen-bond acceptors (Lipinski definition) is 4. The van der Waals surface area contributed by atoms with Crippen molar-refractivity contribution >= 4 is 17.8 Å². The Bertz CT molecular complexity index is 882. The predicted molar refractivity (Wildman–Crippen MR) is 108 cm³/mol. The molecule has 2 aromatic rings. The van der Waals surface area contributed by atoms with E-state index in [1.807, 2.05) is 59.0 Å². The summed E-state index contributed by atoms with van der Waals surface area (Å²) in [6, 6.07) is 7.46. The van der Waals surface area contributed by atoms with Crippen molar-refractivity contribution in [2.45, 2.75) is 52.7 Å². The highest BCUT2D eigenvalue weighted by Gasteiger charge is 2.31. The second-order valence-corrected chi connectivity index (χ2v) is 8.30. The summed E-state index contributed by atoms with van der Waals surface area (Å²) in [6.07, 6.45) is 2.33. The van der Waals surface area contributed by atoms with Gasteiger partial charge in [0.25, 0.3) is 5.91 Å². The van der Waals surface area contributed by atoms with Crippen LogP contribution in [-0.4, -0.2) is 45.4 Å². The zero-order valence-corrected chi connectivity index (χ0v) is 17.2. The molecule has 0 radical (unpaired) electrons. The van der Waals surface area contributed by atoms with Gasteiger partial charge in [-0.2, -0.15) is 5.10 Å². The zero-order chi connectivity index (χ0) is 20.5. The van der Waals surface area contributed by atoms with Gasteiger partial charge in [-0.25, -0.2) is 4.79 Å². The number of rotatable bonds is 3. The molecular weight excluding hydrogens is 356 g/mol. The van der Waals surface area contributed by atoms with Gasteiger partial charge in [-0.1, -0.05) is 6.07 Å². The number of hydrogen-bond donors (Lipinski definition) is 1. The van der Waals surface area contributed by atoms with Crippen molar-refractivity contribution in [3.63, 3.8) is 0 Å². The normalized spacial score (nSPS) is 16.9. The van der Waals surface area contributed by atoms with Gasteiger partial charge in [0, 0.05) is 30.9 Å². The van der Waals surface area contributed by atoms with Crippen molar-refractivity contribution < 1.29 is 14.3 Å². The van der Waals surface area contributed by atoms with E-state index in [1.165, 1.54) is 0 Å². The number of benzene rings is 1. The van der Waals surface area contributed by atoms with E-state index in [0.29, 0.717) is 24.5 Å². The number of likely N-dealkylation sites (tertiary alicyclic amines) is 1. The first-order valence-electron chi connectivity index (χ1n) is 9.54. The Morgan fingerprint density at radius 1 is 1.18 bits per heavy atom. The number of carbonyl (C=O) groups is 2. The van der Waals surface area contributed by atoms with Crippen LogP contribution >= 0.6 is 0 Å². The van der Waals surface area contributed by atoms with Crippen LogP contribution in [0.2, 0.25) is 0 Å². The van der Waals surface area contributed by atoms with Gasteiger partial charge in [0.1, 0.15) is 5.60 Å². The summed E-state index contributed by atoms with van der Waals surface area (Å²) in [7, 11) is 0. The molecule has 1 fully saturated rings. The van der Waals surface area contributed by atoms with Crippen LogP contribution in [-0.2, 0) is 4.74 Å². The summed E-state index contributed by atoms with van der Waals surface area (Å²) >= 11 is 0. The van der Waals surface area contributed by atoms with Gasteiger partial charge >= 0.3 is 6.09 Å². The van der Waals surface area contributed by atoms with Crippen LogP contribution < -0.4 is 5.32 Å². The molecule has 28 heavy (non-hydrogen) atoms. The smallest absolute Gasteiger partial charge is 0.410 e. The molecule has 0 unspecified atom stereocenters. The fourth-order valence-corrected chi connectivity index (χ4v) is 3.13. The first kappa shape index (κ1) is 19.9. The van der Waals surface area contributed by atoms with Gasteiger partial charge < -0.3 is 15.0 Å². The van der Waals surface area contributed by atoms with Gasteiger partial charge in [0.05, 0.1) is 6.04 Å². The molecule has 1 aromatic carbocycles. The molecule has 1 aromatic heterocycles. The quantitative estimate of drug-likeness (QED) is 0.870. The minimum atomic E-state index is -0.507. The van der Waals surface area contributed by atoms with E-state index in [-0.39, 0.29) is 18.0 Å². The molecule has 2 amide bonds. The van der Waals surface area contributed by atoms with Crippen molar-refractivity contribution in [1.82, 2.24) is 14.7 Å². The number of anilines is 1. The molecule has 150 valence electrons. The number of amides is 2. The third-order valence-electron chi connectivity index (χ3n) is 4.81. The first-order chi connectivity index (χ1) is 13.1. The number of carbonyl (C=O) groups excluding carboxylic acids is 2. The fourth-order valence-electron chi connectivity index (χ4n) is 3.13. The third-order valence-corrected chi connectivity index (χ3v) is 4.81. The van der Waals surface area contributed by atoms with Crippen LogP contribution in [0, 0.1) is 13.8 Å². The van der Waals surface area contributed by atoms with Gasteiger partial charge in [0.15, 0.2) is 5.82 Å². The van der Waals surface area contributed by atoms with E-state index in [1.54, 1.807) is 15.6 Å². The summed E-state index contributed by atoms with van der Waals surface area (Å²) in [5.74, 6) is 0.314. The minimum absolute atomic E-state index is 0.0692. The number of aromatic nitrogens is 2. The average molecular weight is 384 g/mol. The van der Waals surface area contributed by atoms with Gasteiger partial charge in [-0.15, -0.1) is 0 Å². The zero-order valence-electron chi connectivity index (χ0n) is 17.2. The summed E-state index contributed by atoms with van der Waals surface area (Å²) < 4.78 is 7.24. The molecule has 1 N–H and O–H groups in total. The molecule has 0 saturated carbocycles. The Morgan fingerprint density at radius 3 is 2.61 bits per heavy atom. The fraction of sp³-hybridized carbons (Fsp3) is 0.476. The lowest BCUT2D eigenvalue weighted by Crippen LogP contribution is -2.35. The van der Waals surface area contributed by atoms with E-state index >= 15 is 0 Å². The van der Waals surface area contributed by atoms with Crippen molar-refractivity contribution in [3.05, 3.63) is 47.2 Å². The largest absolute Gasteiger partial charge is 0.444 e. The third kappa shape index (κ3) is 4.71. The van der Waals surface area contributed by atoms with Crippen molar-refractivity contribution in [1.29, 1.82) is 0 Å². The Balaban J connectivity index is 1.60. The van der Waals surface area contributed by atoms with E-state index in [9.17, 15) is 9.59 Å². The molecule has 2 heterocycles. The van der Waals surface area contributed by atoms with Crippen LogP contribution in [0.3, 0.4) is 0 Å². The van der Waals surface area contributed by atoms with Gasteiger partial charge in [-0.05, 0) is 64.3 Å². The van der Waals surface area contributed by atoms with Gasteiger partial charge in [0.2, 0.25) is 0 Å². The minimum Gasteiger partial charge on any atom is -0.444 e. The Kier molecular flexibility index (Phi) is 5.45. The molecule has 1 atom stereocenters. The number of nitrogens with zero attached hydrogens (tertiary/aromatic N) is 3. The number of ether oxygens (including phenoxy) is 1. The second kappa shape index (κ2) is 7.66. The molecule has 1 aliphatic rings. The SMILES string of the molecule is Cc1ccc(C(=O)Nc2ccn([C@H]3CCN(C(=O)OC(C)(C)C)C3)n2)cc1C. The Morgan fingerprint density at radius 2 is 1.93 bits per heavy atom.